The molecule has 252 valence electrons. The zero-order chi connectivity index (χ0) is 33.1. The maximum atomic E-state index is 2.45. The van der Waals surface area contributed by atoms with Crippen LogP contribution in [-0.4, -0.2) is 12.3 Å². The highest BCUT2D eigenvalue weighted by atomic mass is 31.1. The zero-order valence-corrected chi connectivity index (χ0v) is 31.9. The zero-order valence-electron chi connectivity index (χ0n) is 30.2. The molecule has 0 aliphatic heterocycles. The SMILES string of the molecule is CCCCc1ccc(P(CCCCCP(c2ccc(CCCC)cc2)c2ccc(CCCC)cc2)c2ccc(CCCC)cc2)cc1. The van der Waals surface area contributed by atoms with Gasteiger partial charge in [-0.3, -0.25) is 0 Å². The maximum Gasteiger partial charge on any atom is -0.0195 e. The van der Waals surface area contributed by atoms with Crippen molar-refractivity contribution in [3.05, 3.63) is 119 Å². The Hall–Kier alpha value is -2.26. The lowest BCUT2D eigenvalue weighted by Crippen LogP contribution is -2.16. The van der Waals surface area contributed by atoms with Gasteiger partial charge >= 0.3 is 0 Å². The Morgan fingerprint density at radius 2 is 0.532 bits per heavy atom. The molecule has 0 spiro atoms. The van der Waals surface area contributed by atoms with E-state index in [0.29, 0.717) is 0 Å². The van der Waals surface area contributed by atoms with Crippen LogP contribution in [0.25, 0.3) is 0 Å². The molecule has 0 amide bonds. The molecule has 0 aromatic heterocycles. The first-order valence-corrected chi connectivity index (χ1v) is 22.1. The Bertz CT molecular complexity index is 1160. The van der Waals surface area contributed by atoms with Crippen molar-refractivity contribution in [3.8, 4) is 0 Å². The Morgan fingerprint density at radius 3 is 0.745 bits per heavy atom. The van der Waals surface area contributed by atoms with Gasteiger partial charge in [-0.2, -0.15) is 0 Å². The largest absolute Gasteiger partial charge is 0.0654 e. The third-order valence-electron chi connectivity index (χ3n) is 9.53. The molecular formula is C45H62P2. The predicted octanol–water partition coefficient (Wildman–Crippen LogP) is 11.8. The molecule has 0 aliphatic rings. The van der Waals surface area contributed by atoms with Gasteiger partial charge in [0, 0.05) is 0 Å². The van der Waals surface area contributed by atoms with Crippen molar-refractivity contribution in [2.45, 2.75) is 124 Å². The van der Waals surface area contributed by atoms with Gasteiger partial charge in [0.25, 0.3) is 0 Å². The number of benzene rings is 4. The van der Waals surface area contributed by atoms with Gasteiger partial charge in [-0.1, -0.05) is 157 Å². The summed E-state index contributed by atoms with van der Waals surface area (Å²) in [6.45, 7) is 9.15. The van der Waals surface area contributed by atoms with Crippen molar-refractivity contribution in [2.75, 3.05) is 12.3 Å². The Balaban J connectivity index is 1.43. The Labute approximate surface area is 291 Å². The predicted molar refractivity (Wildman–Crippen MR) is 216 cm³/mol. The van der Waals surface area contributed by atoms with Crippen LogP contribution in [0.5, 0.6) is 0 Å². The Kier molecular flexibility index (Phi) is 17.3. The van der Waals surface area contributed by atoms with Crippen LogP contribution in [0.15, 0.2) is 97.1 Å². The molecule has 0 fully saturated rings. The van der Waals surface area contributed by atoms with E-state index in [-0.39, 0.29) is 15.8 Å². The van der Waals surface area contributed by atoms with Crippen molar-refractivity contribution < 1.29 is 0 Å². The van der Waals surface area contributed by atoms with E-state index in [1.165, 1.54) is 131 Å². The Morgan fingerprint density at radius 1 is 0.298 bits per heavy atom. The lowest BCUT2D eigenvalue weighted by atomic mass is 10.1. The third kappa shape index (κ3) is 12.6. The van der Waals surface area contributed by atoms with Crippen LogP contribution >= 0.6 is 15.8 Å². The minimum atomic E-state index is -0.334. The van der Waals surface area contributed by atoms with Gasteiger partial charge in [0.15, 0.2) is 0 Å². The van der Waals surface area contributed by atoms with Crippen LogP contribution in [-0.2, 0) is 25.7 Å². The normalized spacial score (nSPS) is 11.5. The number of hydrogen-bond acceptors (Lipinski definition) is 0. The van der Waals surface area contributed by atoms with Gasteiger partial charge < -0.3 is 0 Å². The molecule has 0 N–H and O–H groups in total. The fourth-order valence-electron chi connectivity index (χ4n) is 6.42. The van der Waals surface area contributed by atoms with Gasteiger partial charge in [0.05, 0.1) is 0 Å². The smallest absolute Gasteiger partial charge is 0.0195 e. The van der Waals surface area contributed by atoms with Gasteiger partial charge in [0.2, 0.25) is 0 Å². The average Bonchev–Trinajstić information content (AvgIpc) is 3.12. The van der Waals surface area contributed by atoms with E-state index < -0.39 is 0 Å². The summed E-state index contributed by atoms with van der Waals surface area (Å²) in [7, 11) is -0.668. The van der Waals surface area contributed by atoms with Crippen LogP contribution in [0, 0.1) is 0 Å². The van der Waals surface area contributed by atoms with Crippen molar-refractivity contribution in [3.63, 3.8) is 0 Å². The molecule has 0 heterocycles. The van der Waals surface area contributed by atoms with E-state index in [2.05, 4.69) is 125 Å². The summed E-state index contributed by atoms with van der Waals surface area (Å²) < 4.78 is 0. The summed E-state index contributed by atoms with van der Waals surface area (Å²) in [5.41, 5.74) is 5.97. The highest BCUT2D eigenvalue weighted by Gasteiger charge is 2.17. The van der Waals surface area contributed by atoms with Crippen LogP contribution in [0.2, 0.25) is 0 Å². The second-order valence-corrected chi connectivity index (χ2v) is 18.1. The van der Waals surface area contributed by atoms with E-state index in [9.17, 15) is 0 Å². The summed E-state index contributed by atoms with van der Waals surface area (Å²) in [4.78, 5) is 0. The first kappa shape index (κ1) is 37.6. The molecular weight excluding hydrogens is 602 g/mol. The van der Waals surface area contributed by atoms with Gasteiger partial charge in [-0.05, 0) is 136 Å². The van der Waals surface area contributed by atoms with Gasteiger partial charge in [0.1, 0.15) is 0 Å². The molecule has 4 rings (SSSR count). The van der Waals surface area contributed by atoms with Crippen LogP contribution < -0.4 is 21.2 Å². The van der Waals surface area contributed by atoms with Gasteiger partial charge in [-0.25, -0.2) is 0 Å². The molecule has 0 saturated carbocycles. The van der Waals surface area contributed by atoms with E-state index in [1.54, 1.807) is 21.2 Å². The second kappa shape index (κ2) is 21.7. The molecule has 0 aliphatic carbocycles. The molecule has 0 unspecified atom stereocenters. The van der Waals surface area contributed by atoms with Crippen LogP contribution in [0.4, 0.5) is 0 Å². The van der Waals surface area contributed by atoms with E-state index >= 15 is 0 Å². The lowest BCUT2D eigenvalue weighted by molar-refractivity contribution is 0.782. The topological polar surface area (TPSA) is 0 Å². The maximum absolute atomic E-state index is 2.45. The summed E-state index contributed by atoms with van der Waals surface area (Å²) in [5, 5.41) is 6.20. The minimum absolute atomic E-state index is 0.334. The highest BCUT2D eigenvalue weighted by molar-refractivity contribution is 7.73. The molecule has 0 bridgehead atoms. The number of hydrogen-bond donors (Lipinski definition) is 0. The number of unbranched alkanes of at least 4 members (excludes halogenated alkanes) is 6. The van der Waals surface area contributed by atoms with Crippen molar-refractivity contribution in [1.29, 1.82) is 0 Å². The standard InChI is InChI=1S/C45H62P2/c1-5-9-16-38-20-28-42(29-21-38)46(43-30-22-39(23-31-43)17-10-6-2)36-14-13-15-37-47(44-32-24-40(25-33-44)18-11-7-3)45-34-26-41(27-35-45)19-12-8-4/h20-35H,5-19,36-37H2,1-4H3. The van der Waals surface area contributed by atoms with E-state index in [1.807, 2.05) is 0 Å². The first-order chi connectivity index (χ1) is 23.1. The highest BCUT2D eigenvalue weighted by Crippen LogP contribution is 2.38. The lowest BCUT2D eigenvalue weighted by Gasteiger charge is -2.21. The third-order valence-corrected chi connectivity index (χ3v) is 14.7. The molecule has 0 radical (unpaired) electrons. The second-order valence-electron chi connectivity index (χ2n) is 13.4. The minimum Gasteiger partial charge on any atom is -0.0654 e. The molecule has 0 saturated heterocycles. The van der Waals surface area contributed by atoms with Crippen LogP contribution in [0.1, 0.15) is 121 Å². The van der Waals surface area contributed by atoms with Gasteiger partial charge in [-0.15, -0.1) is 0 Å². The number of rotatable bonds is 22. The van der Waals surface area contributed by atoms with E-state index in [4.69, 9.17) is 0 Å². The molecule has 4 aromatic carbocycles. The van der Waals surface area contributed by atoms with Crippen molar-refractivity contribution >= 4 is 37.1 Å². The summed E-state index contributed by atoms with van der Waals surface area (Å²) >= 11 is 0. The monoisotopic (exact) mass is 664 g/mol. The van der Waals surface area contributed by atoms with Crippen molar-refractivity contribution in [1.82, 2.24) is 0 Å². The average molecular weight is 665 g/mol. The number of aryl methyl sites for hydroxylation is 4. The molecule has 0 atom stereocenters. The van der Waals surface area contributed by atoms with Crippen molar-refractivity contribution in [2.24, 2.45) is 0 Å². The molecule has 4 aromatic rings. The first-order valence-electron chi connectivity index (χ1n) is 19.1. The molecule has 2 heteroatoms. The molecule has 47 heavy (non-hydrogen) atoms. The summed E-state index contributed by atoms with van der Waals surface area (Å²) in [5.74, 6) is 0. The van der Waals surface area contributed by atoms with E-state index in [0.717, 1.165) is 0 Å². The summed E-state index contributed by atoms with van der Waals surface area (Å²) in [6.07, 6.45) is 21.4. The quantitative estimate of drug-likeness (QED) is 0.0579. The summed E-state index contributed by atoms with van der Waals surface area (Å²) in [6, 6.07) is 38.9. The fraction of sp³-hybridized carbons (Fsp3) is 0.467. The van der Waals surface area contributed by atoms with Crippen LogP contribution in [0.3, 0.4) is 0 Å². The molecule has 0 nitrogen and oxygen atoms in total. The fourth-order valence-corrected chi connectivity index (χ4v) is 11.2.